The van der Waals surface area contributed by atoms with Crippen LogP contribution in [0.5, 0.6) is 0 Å². The summed E-state index contributed by atoms with van der Waals surface area (Å²) in [6.45, 7) is 0. The topological polar surface area (TPSA) is 91.1 Å². The van der Waals surface area contributed by atoms with Crippen LogP contribution in [0.25, 0.3) is 0 Å². The second-order valence-corrected chi connectivity index (χ2v) is 1.29. The van der Waals surface area contributed by atoms with Gasteiger partial charge in [0.05, 0.1) is 0 Å². The van der Waals surface area contributed by atoms with E-state index in [0.29, 0.717) is 0 Å². The third-order valence-corrected chi connectivity index (χ3v) is 0.476. The Hall–Kier alpha value is -0.280. The second kappa shape index (κ2) is 3.69. The number of hydrogen-bond acceptors (Lipinski definition) is 7. The van der Waals surface area contributed by atoms with E-state index in [9.17, 15) is 10.4 Å². The first-order valence-electron chi connectivity index (χ1n) is 2.08. The molecule has 0 saturated heterocycles. The molecule has 0 aliphatic heterocycles. The molecule has 0 amide bonds. The molecule has 7 heteroatoms. The van der Waals surface area contributed by atoms with Crippen molar-refractivity contribution in [1.29, 1.82) is 0 Å². The van der Waals surface area contributed by atoms with E-state index in [1.165, 1.54) is 0 Å². The normalized spacial score (nSPS) is 12.0. The fourth-order valence-electron chi connectivity index (χ4n) is 0.169. The van der Waals surface area contributed by atoms with Crippen LogP contribution in [0.15, 0.2) is 0 Å². The molecule has 0 bridgehead atoms. The molecule has 0 spiro atoms. The van der Waals surface area contributed by atoms with Gasteiger partial charge in [0.1, 0.15) is 0 Å². The van der Waals surface area contributed by atoms with E-state index >= 15 is 0 Å². The molecule has 9 heavy (non-hydrogen) atoms. The van der Waals surface area contributed by atoms with Gasteiger partial charge in [-0.3, -0.25) is 5.17 Å². The first-order chi connectivity index (χ1) is 4.04. The largest absolute Gasteiger partial charge is 0.769 e. The first kappa shape index (κ1) is 8.72. The molecule has 0 fully saturated rings. The zero-order chi connectivity index (χ0) is 7.44. The van der Waals surface area contributed by atoms with Crippen LogP contribution in [0.4, 0.5) is 0 Å². The van der Waals surface area contributed by atoms with E-state index in [4.69, 9.17) is 5.84 Å². The first-order valence-corrected chi connectivity index (χ1v) is 2.08. The summed E-state index contributed by atoms with van der Waals surface area (Å²) in [5, 5.41) is 20.5. The Morgan fingerprint density at radius 3 is 1.89 bits per heavy atom. The molecule has 0 aromatic carbocycles. The maximum Gasteiger partial charge on any atom is 0.00118 e. The molecular weight excluding hydrogens is 128 g/mol. The molecule has 7 nitrogen and oxygen atoms in total. The lowest BCUT2D eigenvalue weighted by molar-refractivity contribution is -0.364. The van der Waals surface area contributed by atoms with Gasteiger partial charge >= 0.3 is 0 Å². The summed E-state index contributed by atoms with van der Waals surface area (Å²) < 4.78 is 0. The number of hydroxylamine groups is 3. The lowest BCUT2D eigenvalue weighted by atomic mass is 11.5. The van der Waals surface area contributed by atoms with Crippen LogP contribution in [0, 0.1) is 10.4 Å². The summed E-state index contributed by atoms with van der Waals surface area (Å²) in [5.74, 6) is 4.80. The van der Waals surface area contributed by atoms with Crippen LogP contribution >= 0.6 is 0 Å². The van der Waals surface area contributed by atoms with E-state index in [-0.39, 0.29) is 15.7 Å². The van der Waals surface area contributed by atoms with Crippen molar-refractivity contribution in [3.63, 3.8) is 0 Å². The molecule has 0 unspecified atom stereocenters. The highest BCUT2D eigenvalue weighted by atomic mass is 17.0. The van der Waals surface area contributed by atoms with E-state index < -0.39 is 0 Å². The average molecular weight is 136 g/mol. The molecule has 0 aromatic rings. The third kappa shape index (κ3) is 4.24. The van der Waals surface area contributed by atoms with Gasteiger partial charge in [-0.2, -0.15) is 4.94 Å². The SMILES string of the molecule is CN([O-])ON(N)N(C)[O-]. The van der Waals surface area contributed by atoms with Crippen LogP contribution < -0.4 is 5.84 Å². The molecule has 0 heterocycles. The summed E-state index contributed by atoms with van der Waals surface area (Å²) in [7, 11) is 2.15. The molecule has 2 N–H and O–H groups in total. The van der Waals surface area contributed by atoms with Crippen LogP contribution in [-0.4, -0.2) is 29.8 Å². The Balaban J connectivity index is 3.38. The number of hydrazine groups is 2. The predicted octanol–water partition coefficient (Wildman–Crippen LogP) is -1.22. The van der Waals surface area contributed by atoms with Gasteiger partial charge in [0, 0.05) is 7.05 Å². The van der Waals surface area contributed by atoms with Crippen molar-refractivity contribution in [2.75, 3.05) is 14.1 Å². The summed E-state index contributed by atoms with van der Waals surface area (Å²) in [4.78, 5) is 4.01. The van der Waals surface area contributed by atoms with E-state index in [0.717, 1.165) is 14.1 Å². The minimum absolute atomic E-state index is 0.0500. The molecular formula is C2H8N4O3-2. The quantitative estimate of drug-likeness (QED) is 0.384. The van der Waals surface area contributed by atoms with E-state index in [1.54, 1.807) is 0 Å². The number of nitrogens with two attached hydrogens (primary N) is 1. The van der Waals surface area contributed by atoms with Crippen molar-refractivity contribution in [1.82, 2.24) is 15.7 Å². The molecule has 0 aliphatic carbocycles. The van der Waals surface area contributed by atoms with Gasteiger partial charge in [-0.1, -0.05) is 0 Å². The molecule has 0 saturated carbocycles. The zero-order valence-electron chi connectivity index (χ0n) is 5.14. The summed E-state index contributed by atoms with van der Waals surface area (Å²) in [6, 6.07) is 0. The molecule has 0 aliphatic rings. The van der Waals surface area contributed by atoms with Crippen molar-refractivity contribution < 1.29 is 4.94 Å². The van der Waals surface area contributed by atoms with Crippen LogP contribution in [-0.2, 0) is 4.94 Å². The Kier molecular flexibility index (Phi) is 3.58. The Morgan fingerprint density at radius 2 is 1.78 bits per heavy atom. The maximum absolute atomic E-state index is 10.1. The monoisotopic (exact) mass is 136 g/mol. The number of hydrogen-bond donors (Lipinski definition) is 1. The fourth-order valence-corrected chi connectivity index (χ4v) is 0.169. The van der Waals surface area contributed by atoms with Crippen molar-refractivity contribution >= 4 is 0 Å². The van der Waals surface area contributed by atoms with E-state index in [1.807, 2.05) is 0 Å². The molecule has 0 rings (SSSR count). The fraction of sp³-hybridized carbons (Fsp3) is 1.00. The minimum Gasteiger partial charge on any atom is -0.769 e. The maximum atomic E-state index is 10.1. The summed E-state index contributed by atoms with van der Waals surface area (Å²) in [6.07, 6.45) is 0. The predicted molar refractivity (Wildman–Crippen MR) is 29.4 cm³/mol. The van der Waals surface area contributed by atoms with Gasteiger partial charge in [0.15, 0.2) is 0 Å². The second-order valence-electron chi connectivity index (χ2n) is 1.29. The van der Waals surface area contributed by atoms with Crippen molar-refractivity contribution in [3.05, 3.63) is 10.4 Å². The molecule has 0 radical (unpaired) electrons. The van der Waals surface area contributed by atoms with Crippen LogP contribution in [0.2, 0.25) is 0 Å². The highest BCUT2D eigenvalue weighted by Crippen LogP contribution is 1.86. The zero-order valence-corrected chi connectivity index (χ0v) is 5.14. The van der Waals surface area contributed by atoms with Gasteiger partial charge in [0.25, 0.3) is 0 Å². The Bertz CT molecular complexity index is 76.2. The van der Waals surface area contributed by atoms with Gasteiger partial charge in [0.2, 0.25) is 0 Å². The number of nitrogens with zero attached hydrogens (tertiary/aromatic N) is 3. The highest BCUT2D eigenvalue weighted by Gasteiger charge is 1.93. The summed E-state index contributed by atoms with van der Waals surface area (Å²) >= 11 is 0. The average Bonchev–Trinajstić information content (AvgIpc) is 1.63. The highest BCUT2D eigenvalue weighted by molar-refractivity contribution is 4.29. The van der Waals surface area contributed by atoms with Gasteiger partial charge < -0.3 is 10.4 Å². The lowest BCUT2D eigenvalue weighted by Gasteiger charge is -2.35. The summed E-state index contributed by atoms with van der Waals surface area (Å²) in [5.41, 5.74) is 0. The van der Waals surface area contributed by atoms with E-state index in [2.05, 4.69) is 4.94 Å². The van der Waals surface area contributed by atoms with Crippen LogP contribution in [0.3, 0.4) is 0 Å². The van der Waals surface area contributed by atoms with Crippen LogP contribution in [0.1, 0.15) is 0 Å². The minimum atomic E-state index is 0.0500. The van der Waals surface area contributed by atoms with Crippen molar-refractivity contribution in [2.24, 2.45) is 5.84 Å². The third-order valence-electron chi connectivity index (χ3n) is 0.476. The Labute approximate surface area is 52.2 Å². The Morgan fingerprint density at radius 1 is 1.33 bits per heavy atom. The molecule has 0 aromatic heterocycles. The number of rotatable bonds is 3. The molecule has 56 valence electrons. The van der Waals surface area contributed by atoms with Gasteiger partial charge in [-0.25, -0.2) is 11.1 Å². The van der Waals surface area contributed by atoms with Gasteiger partial charge in [-0.05, 0) is 12.3 Å². The lowest BCUT2D eigenvalue weighted by Crippen LogP contribution is -2.44. The smallest absolute Gasteiger partial charge is 0.00118 e. The molecule has 0 atom stereocenters. The van der Waals surface area contributed by atoms with Crippen molar-refractivity contribution in [2.45, 2.75) is 0 Å². The standard InChI is InChI=1S/C2H8N4O3/c1-4(7)6(3)9-5(2)8/h3H2,1-2H3/q-2. The van der Waals surface area contributed by atoms with Gasteiger partial charge in [-0.15, -0.1) is 0 Å². The van der Waals surface area contributed by atoms with Crippen molar-refractivity contribution in [3.8, 4) is 0 Å².